The number of hydrogen-bond donors (Lipinski definition) is 0. The van der Waals surface area contributed by atoms with Gasteiger partial charge in [0.05, 0.1) is 19.9 Å². The van der Waals surface area contributed by atoms with Crippen LogP contribution in [0.15, 0.2) is 16.7 Å². The predicted octanol–water partition coefficient (Wildman–Crippen LogP) is 5.55. The number of benzene rings is 2. The van der Waals surface area contributed by atoms with E-state index in [1.165, 1.54) is 0 Å². The van der Waals surface area contributed by atoms with E-state index in [1.807, 2.05) is 6.07 Å². The van der Waals surface area contributed by atoms with E-state index in [9.17, 15) is 22.0 Å². The molecular weight excluding hydrogens is 487 g/mol. The molecular formula is C25H25F5N2O4. The Bertz CT molecular complexity index is 1240. The van der Waals surface area contributed by atoms with E-state index in [2.05, 4.69) is 10.1 Å². The van der Waals surface area contributed by atoms with Gasteiger partial charge in [-0.05, 0) is 51.1 Å². The van der Waals surface area contributed by atoms with E-state index < -0.39 is 40.9 Å². The van der Waals surface area contributed by atoms with Gasteiger partial charge < -0.3 is 18.7 Å². The van der Waals surface area contributed by atoms with Crippen molar-refractivity contribution in [2.75, 3.05) is 20.8 Å². The van der Waals surface area contributed by atoms with Crippen molar-refractivity contribution in [1.29, 1.82) is 0 Å². The van der Waals surface area contributed by atoms with E-state index in [-0.39, 0.29) is 12.1 Å². The maximum atomic E-state index is 14.1. The molecule has 2 atom stereocenters. The molecule has 0 N–H and O–H groups in total. The minimum absolute atomic E-state index is 0.105. The van der Waals surface area contributed by atoms with Crippen LogP contribution in [0.5, 0.6) is 17.2 Å². The van der Waals surface area contributed by atoms with Crippen molar-refractivity contribution in [3.63, 3.8) is 0 Å². The number of ether oxygens (including phenoxy) is 3. The van der Waals surface area contributed by atoms with Gasteiger partial charge in [0.25, 0.3) is 0 Å². The lowest BCUT2D eigenvalue weighted by atomic mass is 9.99. The molecule has 6 nitrogen and oxygen atoms in total. The molecule has 0 spiro atoms. The van der Waals surface area contributed by atoms with Gasteiger partial charge >= 0.3 is 0 Å². The van der Waals surface area contributed by atoms with Crippen LogP contribution in [0, 0.1) is 29.1 Å². The largest absolute Gasteiger partial charge is 0.493 e. The Labute approximate surface area is 203 Å². The summed E-state index contributed by atoms with van der Waals surface area (Å²) in [6.45, 7) is 0.770. The summed E-state index contributed by atoms with van der Waals surface area (Å²) in [5.74, 6) is -10.1. The second-order valence-corrected chi connectivity index (χ2v) is 9.17. The summed E-state index contributed by atoms with van der Waals surface area (Å²) < 4.78 is 90.0. The Balaban J connectivity index is 1.22. The van der Waals surface area contributed by atoms with Crippen LogP contribution in [0.4, 0.5) is 22.0 Å². The fourth-order valence-corrected chi connectivity index (χ4v) is 5.46. The first-order valence-corrected chi connectivity index (χ1v) is 11.8. The zero-order valence-corrected chi connectivity index (χ0v) is 19.8. The SMILES string of the molecule is COc1cc2onc(CCCN3C4CCC3CC(Oc3c(F)c(F)c(F)c(F)c3F)C4)c2cc1OC. The molecule has 0 aliphatic carbocycles. The topological polar surface area (TPSA) is 57.0 Å². The molecule has 0 radical (unpaired) electrons. The highest BCUT2D eigenvalue weighted by Crippen LogP contribution is 2.39. The zero-order chi connectivity index (χ0) is 25.6. The zero-order valence-electron chi connectivity index (χ0n) is 19.8. The van der Waals surface area contributed by atoms with Gasteiger partial charge in [0.2, 0.25) is 29.1 Å². The number of halogens is 5. The molecule has 2 saturated heterocycles. The van der Waals surface area contributed by atoms with E-state index >= 15 is 0 Å². The number of aryl methyl sites for hydroxylation is 1. The summed E-state index contributed by atoms with van der Waals surface area (Å²) in [6.07, 6.45) is 3.49. The first-order valence-electron chi connectivity index (χ1n) is 11.8. The lowest BCUT2D eigenvalue weighted by molar-refractivity contribution is 0.0433. The Morgan fingerprint density at radius 3 is 2.08 bits per heavy atom. The van der Waals surface area contributed by atoms with Gasteiger partial charge in [0.1, 0.15) is 6.10 Å². The average molecular weight is 512 g/mol. The number of hydrogen-bond acceptors (Lipinski definition) is 6. The minimum Gasteiger partial charge on any atom is -0.493 e. The molecule has 36 heavy (non-hydrogen) atoms. The fraction of sp³-hybridized carbons (Fsp3) is 0.480. The normalized spacial score (nSPS) is 21.8. The first kappa shape index (κ1) is 24.6. The van der Waals surface area contributed by atoms with Gasteiger partial charge in [0, 0.05) is 23.5 Å². The molecule has 0 saturated carbocycles. The molecule has 2 unspecified atom stereocenters. The Morgan fingerprint density at radius 1 is 0.889 bits per heavy atom. The van der Waals surface area contributed by atoms with Crippen molar-refractivity contribution in [3.8, 4) is 17.2 Å². The Hall–Kier alpha value is -3.08. The minimum atomic E-state index is -2.19. The highest BCUT2D eigenvalue weighted by atomic mass is 19.2. The van der Waals surface area contributed by atoms with Crippen LogP contribution >= 0.6 is 0 Å². The molecule has 11 heteroatoms. The lowest BCUT2D eigenvalue weighted by Gasteiger charge is -2.39. The van der Waals surface area contributed by atoms with Crippen LogP contribution in [0.2, 0.25) is 0 Å². The van der Waals surface area contributed by atoms with Crippen molar-refractivity contribution in [1.82, 2.24) is 10.1 Å². The number of rotatable bonds is 8. The van der Waals surface area contributed by atoms with E-state index in [4.69, 9.17) is 18.7 Å². The van der Waals surface area contributed by atoms with Crippen LogP contribution in [-0.2, 0) is 6.42 Å². The summed E-state index contributed by atoms with van der Waals surface area (Å²) in [5, 5.41) is 5.05. The number of nitrogens with zero attached hydrogens (tertiary/aromatic N) is 2. The highest BCUT2D eigenvalue weighted by molar-refractivity contribution is 5.83. The molecule has 5 rings (SSSR count). The smallest absolute Gasteiger partial charge is 0.207 e. The predicted molar refractivity (Wildman–Crippen MR) is 119 cm³/mol. The number of methoxy groups -OCH3 is 2. The molecule has 2 aliphatic rings. The summed E-state index contributed by atoms with van der Waals surface area (Å²) >= 11 is 0. The van der Waals surface area contributed by atoms with E-state index in [0.29, 0.717) is 36.3 Å². The standard InChI is InChI=1S/C25H25F5N2O4/c1-33-18-10-15-16(31-36-17(15)11-19(18)34-2)4-3-7-32-12-5-6-13(32)9-14(8-12)35-25-23(29)21(27)20(26)22(28)24(25)30/h10-14H,3-9H2,1-2H3. The summed E-state index contributed by atoms with van der Waals surface area (Å²) in [5.41, 5.74) is 1.41. The Kier molecular flexibility index (Phi) is 6.67. The molecule has 0 amide bonds. The molecule has 2 aliphatic heterocycles. The van der Waals surface area contributed by atoms with Crippen LogP contribution in [0.1, 0.15) is 37.8 Å². The van der Waals surface area contributed by atoms with Crippen molar-refractivity contribution in [2.24, 2.45) is 0 Å². The third-order valence-electron chi connectivity index (χ3n) is 7.18. The van der Waals surface area contributed by atoms with Crippen LogP contribution < -0.4 is 14.2 Å². The molecule has 2 bridgehead atoms. The maximum Gasteiger partial charge on any atom is 0.207 e. The first-order chi connectivity index (χ1) is 17.3. The van der Waals surface area contributed by atoms with Crippen LogP contribution in [0.3, 0.4) is 0 Å². The number of piperidine rings is 1. The molecule has 2 fully saturated rings. The van der Waals surface area contributed by atoms with Crippen molar-refractivity contribution >= 4 is 11.0 Å². The lowest BCUT2D eigenvalue weighted by Crippen LogP contribution is -2.46. The van der Waals surface area contributed by atoms with Crippen molar-refractivity contribution in [2.45, 2.75) is 56.7 Å². The van der Waals surface area contributed by atoms with Crippen LogP contribution in [-0.4, -0.2) is 49.0 Å². The highest BCUT2D eigenvalue weighted by Gasteiger charge is 2.42. The van der Waals surface area contributed by atoms with Gasteiger partial charge in [-0.25, -0.2) is 13.2 Å². The summed E-state index contributed by atoms with van der Waals surface area (Å²) in [7, 11) is 3.11. The molecule has 2 aromatic carbocycles. The van der Waals surface area contributed by atoms with Gasteiger partial charge in [-0.3, -0.25) is 4.90 Å². The quantitative estimate of drug-likeness (QED) is 0.224. The molecule has 194 valence electrons. The number of aromatic nitrogens is 1. The third-order valence-corrected chi connectivity index (χ3v) is 7.18. The number of fused-ring (bicyclic) bond motifs is 3. The monoisotopic (exact) mass is 512 g/mol. The van der Waals surface area contributed by atoms with Crippen molar-refractivity contribution in [3.05, 3.63) is 46.9 Å². The van der Waals surface area contributed by atoms with Gasteiger partial charge in [0.15, 0.2) is 22.8 Å². The summed E-state index contributed by atoms with van der Waals surface area (Å²) in [6, 6.07) is 3.79. The molecule has 3 aromatic rings. The van der Waals surface area contributed by atoms with E-state index in [0.717, 1.165) is 36.9 Å². The summed E-state index contributed by atoms with van der Waals surface area (Å²) in [4.78, 5) is 2.34. The molecule has 3 heterocycles. The molecule has 1 aromatic heterocycles. The van der Waals surface area contributed by atoms with Gasteiger partial charge in [-0.15, -0.1) is 0 Å². The van der Waals surface area contributed by atoms with Crippen molar-refractivity contribution < 1.29 is 40.7 Å². The van der Waals surface area contributed by atoms with Gasteiger partial charge in [-0.1, -0.05) is 5.16 Å². The Morgan fingerprint density at radius 2 is 1.47 bits per heavy atom. The second kappa shape index (κ2) is 9.76. The third kappa shape index (κ3) is 4.23. The van der Waals surface area contributed by atoms with Crippen LogP contribution in [0.25, 0.3) is 11.0 Å². The fourth-order valence-electron chi connectivity index (χ4n) is 5.46. The van der Waals surface area contributed by atoms with E-state index in [1.54, 1.807) is 20.3 Å². The van der Waals surface area contributed by atoms with Gasteiger partial charge in [-0.2, -0.15) is 8.78 Å². The average Bonchev–Trinajstić information content (AvgIpc) is 3.39. The second-order valence-electron chi connectivity index (χ2n) is 9.17. The maximum absolute atomic E-state index is 14.1.